The topological polar surface area (TPSA) is 61.5 Å². The first-order valence-electron chi connectivity index (χ1n) is 11.5. The Hall–Kier alpha value is -2.19. The summed E-state index contributed by atoms with van der Waals surface area (Å²) in [5.41, 5.74) is 0.411. The predicted molar refractivity (Wildman–Crippen MR) is 119 cm³/mol. The lowest BCUT2D eigenvalue weighted by Gasteiger charge is -2.36. The number of nitrogens with one attached hydrogen (secondary N) is 3. The van der Waals surface area contributed by atoms with Gasteiger partial charge in [0.2, 0.25) is 0 Å². The van der Waals surface area contributed by atoms with Crippen LogP contribution in [-0.4, -0.2) is 87.7 Å². The molecule has 0 bridgehead atoms. The molecule has 8 heteroatoms. The van der Waals surface area contributed by atoms with Gasteiger partial charge in [0.25, 0.3) is 11.8 Å². The van der Waals surface area contributed by atoms with Crippen LogP contribution in [0.1, 0.15) is 27.2 Å². The van der Waals surface area contributed by atoms with Crippen molar-refractivity contribution in [3.05, 3.63) is 30.1 Å². The Morgan fingerprint density at radius 1 is 0.968 bits per heavy atom. The molecule has 172 valence electrons. The summed E-state index contributed by atoms with van der Waals surface area (Å²) in [7, 11) is 0. The van der Waals surface area contributed by atoms with Crippen LogP contribution in [0.2, 0.25) is 0 Å². The first kappa shape index (κ1) is 23.5. The van der Waals surface area contributed by atoms with Crippen molar-refractivity contribution in [2.45, 2.75) is 32.7 Å². The number of carbonyl (C=O) groups excluding carboxylic acids is 2. The van der Waals surface area contributed by atoms with Gasteiger partial charge < -0.3 is 24.9 Å². The largest absolute Gasteiger partial charge is 0.366 e. The minimum Gasteiger partial charge on any atom is -0.366 e. The molecule has 1 aromatic rings. The molecule has 2 amide bonds. The van der Waals surface area contributed by atoms with E-state index in [2.05, 4.69) is 5.32 Å². The number of anilines is 1. The monoisotopic (exact) mass is 435 g/mol. The van der Waals surface area contributed by atoms with Crippen molar-refractivity contribution in [2.24, 2.45) is 0 Å². The van der Waals surface area contributed by atoms with Gasteiger partial charge in [-0.25, -0.2) is 4.39 Å². The third-order valence-electron chi connectivity index (χ3n) is 6.04. The zero-order chi connectivity index (χ0) is 22.4. The Balaban J connectivity index is 1.42. The number of hydrogen-bond acceptors (Lipinski definition) is 3. The van der Waals surface area contributed by atoms with Crippen molar-refractivity contribution < 1.29 is 23.8 Å². The van der Waals surface area contributed by atoms with Crippen molar-refractivity contribution in [1.82, 2.24) is 10.2 Å². The number of amides is 2. The van der Waals surface area contributed by atoms with E-state index < -0.39 is 0 Å². The minimum absolute atomic E-state index is 0.0924. The van der Waals surface area contributed by atoms with Crippen LogP contribution in [0, 0.1) is 5.82 Å². The summed E-state index contributed by atoms with van der Waals surface area (Å²) in [5.74, 6) is 0.0615. The lowest BCUT2D eigenvalue weighted by molar-refractivity contribution is -0.930. The highest BCUT2D eigenvalue weighted by atomic mass is 19.1. The van der Waals surface area contributed by atoms with Crippen LogP contribution in [0.4, 0.5) is 10.1 Å². The van der Waals surface area contributed by atoms with Crippen molar-refractivity contribution in [3.63, 3.8) is 0 Å². The average Bonchev–Trinajstić information content (AvgIpc) is 2.92. The van der Waals surface area contributed by atoms with Gasteiger partial charge in [-0.15, -0.1) is 0 Å². The Morgan fingerprint density at radius 3 is 2.19 bits per heavy atom. The van der Waals surface area contributed by atoms with Crippen LogP contribution in [0.5, 0.6) is 0 Å². The highest BCUT2D eigenvalue weighted by Gasteiger charge is 2.28. The van der Waals surface area contributed by atoms with E-state index in [0.29, 0.717) is 45.0 Å². The van der Waals surface area contributed by atoms with Crippen LogP contribution in [0.25, 0.3) is 0 Å². The summed E-state index contributed by atoms with van der Waals surface area (Å²) in [6, 6.07) is 6.82. The molecule has 2 saturated heterocycles. The maximum absolute atomic E-state index is 14.0. The first-order chi connectivity index (χ1) is 14.7. The van der Waals surface area contributed by atoms with E-state index in [1.54, 1.807) is 12.1 Å². The molecule has 0 saturated carbocycles. The average molecular weight is 436 g/mol. The van der Waals surface area contributed by atoms with Gasteiger partial charge >= 0.3 is 0 Å². The Kier molecular flexibility index (Phi) is 7.89. The standard InChI is InChI=1S/C23H36FN5O2/c1-23(2,3)25-21(30)17-26-9-6-10-27(12-11-26)18-22(31)29-15-13-28(14-16-29)20-8-5-4-7-19(20)24/h4-5,7-8H,6,9-18H2,1-3H3,(H,25,30)/p+2. The van der Waals surface area contributed by atoms with E-state index in [-0.39, 0.29) is 23.2 Å². The minimum atomic E-state index is -0.209. The summed E-state index contributed by atoms with van der Waals surface area (Å²) in [4.78, 5) is 31.6. The van der Waals surface area contributed by atoms with Crippen LogP contribution < -0.4 is 20.0 Å². The van der Waals surface area contributed by atoms with Gasteiger partial charge in [-0.05, 0) is 32.9 Å². The number of hydrogen-bond donors (Lipinski definition) is 3. The Morgan fingerprint density at radius 2 is 1.58 bits per heavy atom. The fourth-order valence-corrected chi connectivity index (χ4v) is 4.47. The van der Waals surface area contributed by atoms with Crippen LogP contribution >= 0.6 is 0 Å². The lowest BCUT2D eigenvalue weighted by Crippen LogP contribution is -3.18. The van der Waals surface area contributed by atoms with Gasteiger partial charge in [-0.3, -0.25) is 9.59 Å². The second-order valence-corrected chi connectivity index (χ2v) is 9.82. The van der Waals surface area contributed by atoms with E-state index in [9.17, 15) is 14.0 Å². The number of carbonyl (C=O) groups is 2. The fraction of sp³-hybridized carbons (Fsp3) is 0.652. The van der Waals surface area contributed by atoms with Gasteiger partial charge in [0, 0.05) is 38.1 Å². The van der Waals surface area contributed by atoms with Crippen LogP contribution in [-0.2, 0) is 9.59 Å². The number of para-hydroxylation sites is 1. The predicted octanol–water partition coefficient (Wildman–Crippen LogP) is -1.44. The lowest BCUT2D eigenvalue weighted by atomic mass is 10.1. The third-order valence-corrected chi connectivity index (χ3v) is 6.04. The Labute approximate surface area is 185 Å². The van der Waals surface area contributed by atoms with Gasteiger partial charge in [0.15, 0.2) is 13.1 Å². The molecule has 0 radical (unpaired) electrons. The molecule has 31 heavy (non-hydrogen) atoms. The molecule has 0 aliphatic carbocycles. The maximum Gasteiger partial charge on any atom is 0.277 e. The van der Waals surface area contributed by atoms with Gasteiger partial charge in [-0.1, -0.05) is 12.1 Å². The normalized spacial score (nSPS) is 22.7. The van der Waals surface area contributed by atoms with E-state index in [1.165, 1.54) is 15.9 Å². The van der Waals surface area contributed by atoms with Crippen molar-refractivity contribution >= 4 is 17.5 Å². The SMILES string of the molecule is CC(C)(C)NC(=O)C[NH+]1CCC[NH+](CC(=O)N2CCN(c3ccccc3F)CC2)CC1. The first-order valence-corrected chi connectivity index (χ1v) is 11.5. The van der Waals surface area contributed by atoms with E-state index in [4.69, 9.17) is 0 Å². The molecule has 2 fully saturated rings. The molecule has 2 aliphatic rings. The number of rotatable bonds is 5. The summed E-state index contributed by atoms with van der Waals surface area (Å²) in [6.07, 6.45) is 1.02. The second kappa shape index (κ2) is 10.4. The summed E-state index contributed by atoms with van der Waals surface area (Å²) < 4.78 is 14.0. The molecule has 7 nitrogen and oxygen atoms in total. The van der Waals surface area contributed by atoms with E-state index in [0.717, 1.165) is 32.6 Å². The van der Waals surface area contributed by atoms with Crippen molar-refractivity contribution in [1.29, 1.82) is 0 Å². The molecule has 2 atom stereocenters. The molecule has 2 unspecified atom stereocenters. The smallest absolute Gasteiger partial charge is 0.277 e. The molecule has 2 heterocycles. The quantitative estimate of drug-likeness (QED) is 0.531. The number of benzene rings is 1. The highest BCUT2D eigenvalue weighted by Crippen LogP contribution is 2.20. The zero-order valence-corrected chi connectivity index (χ0v) is 19.2. The molecule has 1 aromatic carbocycles. The van der Waals surface area contributed by atoms with E-state index in [1.807, 2.05) is 36.6 Å². The van der Waals surface area contributed by atoms with E-state index >= 15 is 0 Å². The number of nitrogens with zero attached hydrogens (tertiary/aromatic N) is 2. The summed E-state index contributed by atoms with van der Waals surface area (Å²) >= 11 is 0. The summed E-state index contributed by atoms with van der Waals surface area (Å²) in [5, 5.41) is 3.04. The van der Waals surface area contributed by atoms with Gasteiger partial charge in [0.05, 0.1) is 18.8 Å². The number of halogens is 1. The highest BCUT2D eigenvalue weighted by molar-refractivity contribution is 5.78. The van der Waals surface area contributed by atoms with Gasteiger partial charge in [-0.2, -0.15) is 0 Å². The fourth-order valence-electron chi connectivity index (χ4n) is 4.47. The molecule has 0 spiro atoms. The molecule has 2 aliphatic heterocycles. The molecular formula is C23H38FN5O2+2. The molecule has 3 rings (SSSR count). The number of piperazine rings is 1. The van der Waals surface area contributed by atoms with Crippen molar-refractivity contribution in [3.8, 4) is 0 Å². The van der Waals surface area contributed by atoms with Crippen molar-refractivity contribution in [2.75, 3.05) is 70.3 Å². The molecular weight excluding hydrogens is 397 g/mol. The maximum atomic E-state index is 14.0. The van der Waals surface area contributed by atoms with Crippen LogP contribution in [0.3, 0.4) is 0 Å². The zero-order valence-electron chi connectivity index (χ0n) is 19.2. The Bertz CT molecular complexity index is 759. The number of quaternary nitrogens is 2. The third kappa shape index (κ3) is 7.18. The second-order valence-electron chi connectivity index (χ2n) is 9.82. The summed E-state index contributed by atoms with van der Waals surface area (Å²) in [6.45, 7) is 13.3. The molecule has 3 N–H and O–H groups in total. The molecule has 0 aromatic heterocycles. The van der Waals surface area contributed by atoms with Crippen LogP contribution in [0.15, 0.2) is 24.3 Å². The van der Waals surface area contributed by atoms with Gasteiger partial charge in [0.1, 0.15) is 18.9 Å².